The van der Waals surface area contributed by atoms with E-state index < -0.39 is 23.6 Å². The zero-order valence-corrected chi connectivity index (χ0v) is 15.4. The van der Waals surface area contributed by atoms with Gasteiger partial charge < -0.3 is 20.4 Å². The molecular weight excluding hydrogens is 320 g/mol. The minimum Gasteiger partial charge on any atom is -0.481 e. The molecule has 0 amide bonds. The third-order valence-corrected chi connectivity index (χ3v) is 7.07. The molecular formula is C20H32O5. The average molecular weight is 352 g/mol. The summed E-state index contributed by atoms with van der Waals surface area (Å²) in [5, 5.41) is 39.1. The predicted octanol–water partition coefficient (Wildman–Crippen LogP) is 2.51. The molecule has 0 radical (unpaired) electrons. The van der Waals surface area contributed by atoms with E-state index in [1.807, 2.05) is 0 Å². The number of aliphatic hydroxyl groups is 3. The van der Waals surface area contributed by atoms with Crippen molar-refractivity contribution in [3.05, 3.63) is 24.3 Å². The van der Waals surface area contributed by atoms with Gasteiger partial charge in [0, 0.05) is 0 Å². The summed E-state index contributed by atoms with van der Waals surface area (Å²) in [6, 6.07) is 0. The van der Waals surface area contributed by atoms with Crippen LogP contribution in [-0.2, 0) is 4.79 Å². The number of allylic oxidation sites excluding steroid dienone is 1. The minimum atomic E-state index is -1.15. The van der Waals surface area contributed by atoms with Gasteiger partial charge in [0.25, 0.3) is 0 Å². The molecule has 0 aromatic rings. The topological polar surface area (TPSA) is 98.0 Å². The molecule has 6 unspecified atom stereocenters. The van der Waals surface area contributed by atoms with E-state index in [1.165, 1.54) is 0 Å². The summed E-state index contributed by atoms with van der Waals surface area (Å²) in [6.07, 6.45) is 2.27. The summed E-state index contributed by atoms with van der Waals surface area (Å²) in [5.74, 6) is -0.921. The standard InChI is InChI=1S/C20H32O5/c1-12-6-8-16-19(3,10-9-17(23)20(16,4)18(24)25)14(12)7-5-13(2)15(22)11-21/h14-17,21-23H,1-2,5-11H2,3-4H3,(H,24,25). The van der Waals surface area contributed by atoms with Crippen LogP contribution in [0.25, 0.3) is 0 Å². The molecule has 2 aliphatic rings. The van der Waals surface area contributed by atoms with Crippen molar-refractivity contribution < 1.29 is 25.2 Å². The van der Waals surface area contributed by atoms with Crippen LogP contribution in [0.5, 0.6) is 0 Å². The highest BCUT2D eigenvalue weighted by atomic mass is 16.4. The number of rotatable bonds is 6. The highest BCUT2D eigenvalue weighted by Gasteiger charge is 2.60. The van der Waals surface area contributed by atoms with Crippen molar-refractivity contribution in [2.24, 2.45) is 22.7 Å². The van der Waals surface area contributed by atoms with Gasteiger partial charge in [-0.3, -0.25) is 4.79 Å². The van der Waals surface area contributed by atoms with Crippen LogP contribution >= 0.6 is 0 Å². The molecule has 2 rings (SSSR count). The van der Waals surface area contributed by atoms with Crippen LogP contribution in [0.3, 0.4) is 0 Å². The Labute approximate surface area is 150 Å². The first-order chi connectivity index (χ1) is 11.6. The number of aliphatic carboxylic acids is 1. The number of hydrogen-bond donors (Lipinski definition) is 4. The van der Waals surface area contributed by atoms with Gasteiger partial charge in [-0.15, -0.1) is 0 Å². The Balaban J connectivity index is 2.27. The maximum atomic E-state index is 12.0. The molecule has 2 saturated carbocycles. The normalized spacial score (nSPS) is 39.6. The summed E-state index contributed by atoms with van der Waals surface area (Å²) in [7, 11) is 0. The first-order valence-corrected chi connectivity index (χ1v) is 9.14. The number of aliphatic hydroxyl groups excluding tert-OH is 3. The van der Waals surface area contributed by atoms with Crippen LogP contribution < -0.4 is 0 Å². The smallest absolute Gasteiger partial charge is 0.312 e. The fraction of sp³-hybridized carbons (Fsp3) is 0.750. The molecule has 6 atom stereocenters. The Bertz CT molecular complexity index is 556. The first kappa shape index (κ1) is 20.1. The molecule has 0 heterocycles. The molecule has 0 aliphatic heterocycles. The molecule has 0 aromatic heterocycles. The van der Waals surface area contributed by atoms with Crippen LogP contribution in [0.15, 0.2) is 24.3 Å². The van der Waals surface area contributed by atoms with Gasteiger partial charge in [0.1, 0.15) is 0 Å². The summed E-state index contributed by atoms with van der Waals surface area (Å²) < 4.78 is 0. The molecule has 2 fully saturated rings. The van der Waals surface area contributed by atoms with Crippen LogP contribution in [0.2, 0.25) is 0 Å². The SMILES string of the molecule is C=C(CCC1C(=C)CCC2C1(C)CCC(O)C2(C)C(=O)O)C(O)CO. The van der Waals surface area contributed by atoms with Crippen molar-refractivity contribution in [3.8, 4) is 0 Å². The number of hydrogen-bond acceptors (Lipinski definition) is 4. The van der Waals surface area contributed by atoms with Crippen molar-refractivity contribution in [2.45, 2.75) is 64.6 Å². The van der Waals surface area contributed by atoms with Gasteiger partial charge in [-0.05, 0) is 68.3 Å². The fourth-order valence-corrected chi connectivity index (χ4v) is 5.31. The Hall–Kier alpha value is -1.17. The van der Waals surface area contributed by atoms with Crippen molar-refractivity contribution in [1.82, 2.24) is 0 Å². The lowest BCUT2D eigenvalue weighted by Crippen LogP contribution is -2.59. The van der Waals surface area contributed by atoms with E-state index in [4.69, 9.17) is 5.11 Å². The maximum absolute atomic E-state index is 12.0. The van der Waals surface area contributed by atoms with Crippen molar-refractivity contribution in [3.63, 3.8) is 0 Å². The van der Waals surface area contributed by atoms with E-state index in [1.54, 1.807) is 6.92 Å². The second-order valence-corrected chi connectivity index (χ2v) is 8.35. The minimum absolute atomic E-state index is 0.118. The molecule has 0 bridgehead atoms. The largest absolute Gasteiger partial charge is 0.481 e. The molecule has 4 N–H and O–H groups in total. The van der Waals surface area contributed by atoms with Gasteiger partial charge in [-0.25, -0.2) is 0 Å². The third-order valence-electron chi connectivity index (χ3n) is 7.07. The van der Waals surface area contributed by atoms with Crippen LogP contribution in [-0.4, -0.2) is 45.2 Å². The molecule has 5 nitrogen and oxygen atoms in total. The van der Waals surface area contributed by atoms with Crippen LogP contribution in [0.1, 0.15) is 52.4 Å². The Kier molecular flexibility index (Phi) is 5.81. The Morgan fingerprint density at radius 1 is 1.36 bits per heavy atom. The summed E-state index contributed by atoms with van der Waals surface area (Å²) in [5.41, 5.74) is 0.326. The Morgan fingerprint density at radius 3 is 2.56 bits per heavy atom. The van der Waals surface area contributed by atoms with Gasteiger partial charge in [0.2, 0.25) is 0 Å². The lowest BCUT2D eigenvalue weighted by atomic mass is 9.46. The monoisotopic (exact) mass is 352 g/mol. The van der Waals surface area contributed by atoms with Crippen molar-refractivity contribution >= 4 is 5.97 Å². The van der Waals surface area contributed by atoms with E-state index in [9.17, 15) is 20.1 Å². The van der Waals surface area contributed by atoms with E-state index >= 15 is 0 Å². The summed E-state index contributed by atoms with van der Waals surface area (Å²) in [6.45, 7) is 11.6. The molecule has 25 heavy (non-hydrogen) atoms. The second kappa shape index (κ2) is 7.22. The summed E-state index contributed by atoms with van der Waals surface area (Å²) >= 11 is 0. The molecule has 0 aromatic carbocycles. The summed E-state index contributed by atoms with van der Waals surface area (Å²) in [4.78, 5) is 12.0. The molecule has 0 saturated heterocycles. The van der Waals surface area contributed by atoms with Gasteiger partial charge in [0.05, 0.1) is 24.2 Å². The van der Waals surface area contributed by atoms with E-state index in [-0.39, 0.29) is 23.9 Å². The molecule has 142 valence electrons. The van der Waals surface area contributed by atoms with Crippen LogP contribution in [0, 0.1) is 22.7 Å². The zero-order valence-electron chi connectivity index (χ0n) is 15.4. The molecule has 0 spiro atoms. The van der Waals surface area contributed by atoms with E-state index in [0.29, 0.717) is 18.4 Å². The number of fused-ring (bicyclic) bond motifs is 1. The lowest BCUT2D eigenvalue weighted by Gasteiger charge is -2.58. The first-order valence-electron chi connectivity index (χ1n) is 9.14. The maximum Gasteiger partial charge on any atom is 0.312 e. The van der Waals surface area contributed by atoms with E-state index in [2.05, 4.69) is 20.1 Å². The predicted molar refractivity (Wildman–Crippen MR) is 95.9 cm³/mol. The quantitative estimate of drug-likeness (QED) is 0.551. The number of carboxylic acid groups (broad SMARTS) is 1. The van der Waals surface area contributed by atoms with Crippen LogP contribution in [0.4, 0.5) is 0 Å². The van der Waals surface area contributed by atoms with Gasteiger partial charge in [-0.2, -0.15) is 0 Å². The molecule has 5 heteroatoms. The zero-order chi connectivity index (χ0) is 19.0. The fourth-order valence-electron chi connectivity index (χ4n) is 5.31. The number of carbonyl (C=O) groups is 1. The van der Waals surface area contributed by atoms with E-state index in [0.717, 1.165) is 31.3 Å². The lowest BCUT2D eigenvalue weighted by molar-refractivity contribution is -0.183. The van der Waals surface area contributed by atoms with Gasteiger partial charge in [0.15, 0.2) is 0 Å². The average Bonchev–Trinajstić information content (AvgIpc) is 2.56. The van der Waals surface area contributed by atoms with Gasteiger partial charge in [-0.1, -0.05) is 25.7 Å². The van der Waals surface area contributed by atoms with Crippen molar-refractivity contribution in [2.75, 3.05) is 6.61 Å². The Morgan fingerprint density at radius 2 is 2.00 bits per heavy atom. The second-order valence-electron chi connectivity index (χ2n) is 8.35. The van der Waals surface area contributed by atoms with Crippen molar-refractivity contribution in [1.29, 1.82) is 0 Å². The highest BCUT2D eigenvalue weighted by Crippen LogP contribution is 2.62. The highest BCUT2D eigenvalue weighted by molar-refractivity contribution is 5.76. The van der Waals surface area contributed by atoms with Gasteiger partial charge >= 0.3 is 5.97 Å². The molecule has 2 aliphatic carbocycles. The number of carboxylic acids is 1. The third kappa shape index (κ3) is 3.29.